The highest BCUT2D eigenvalue weighted by atomic mass is 35.5. The first-order chi connectivity index (χ1) is 8.69. The van der Waals surface area contributed by atoms with Crippen LogP contribution in [0.25, 0.3) is 0 Å². The monoisotopic (exact) mass is 294 g/mol. The van der Waals surface area contributed by atoms with E-state index in [2.05, 4.69) is 0 Å². The zero-order chi connectivity index (χ0) is 13.4. The summed E-state index contributed by atoms with van der Waals surface area (Å²) in [7, 11) is 0. The molecular formula is C13H27ClN2O3. The smallest absolute Gasteiger partial charge is 0.251 e. The molecule has 0 bridgehead atoms. The largest absolute Gasteiger partial charge is 0.379 e. The Morgan fingerprint density at radius 2 is 2.00 bits per heavy atom. The molecule has 0 aromatic carbocycles. The van der Waals surface area contributed by atoms with Crippen molar-refractivity contribution in [3.63, 3.8) is 0 Å². The number of carbonyl (C=O) groups is 1. The quantitative estimate of drug-likeness (QED) is 0.713. The van der Waals surface area contributed by atoms with Crippen molar-refractivity contribution in [3.8, 4) is 0 Å². The van der Waals surface area contributed by atoms with Gasteiger partial charge in [-0.2, -0.15) is 0 Å². The standard InChI is InChI=1S/C13H26N2O3.ClH/c1-3-17-8-9-18-11(2)13(16)15-6-4-12(10-14)5-7-15;/h11-12H,3-10,14H2,1-2H3;1H. The molecule has 0 radical (unpaired) electrons. The molecule has 1 heterocycles. The number of hydrogen-bond donors (Lipinski definition) is 1. The van der Waals surface area contributed by atoms with E-state index in [4.69, 9.17) is 15.2 Å². The van der Waals surface area contributed by atoms with Crippen molar-refractivity contribution in [2.75, 3.05) is 39.5 Å². The van der Waals surface area contributed by atoms with Crippen LogP contribution in [0, 0.1) is 5.92 Å². The van der Waals surface area contributed by atoms with Crippen molar-refractivity contribution in [3.05, 3.63) is 0 Å². The van der Waals surface area contributed by atoms with Crippen LogP contribution in [0.3, 0.4) is 0 Å². The first-order valence-electron chi connectivity index (χ1n) is 6.87. The third kappa shape index (κ3) is 6.56. The van der Waals surface area contributed by atoms with Gasteiger partial charge in [0.05, 0.1) is 13.2 Å². The van der Waals surface area contributed by atoms with Gasteiger partial charge in [-0.15, -0.1) is 12.4 Å². The van der Waals surface area contributed by atoms with Gasteiger partial charge in [0.25, 0.3) is 5.91 Å². The number of nitrogens with zero attached hydrogens (tertiary/aromatic N) is 1. The number of amides is 1. The molecule has 5 nitrogen and oxygen atoms in total. The predicted molar refractivity (Wildman–Crippen MR) is 77.5 cm³/mol. The number of nitrogens with two attached hydrogens (primary N) is 1. The average molecular weight is 295 g/mol. The van der Waals surface area contributed by atoms with Crippen LogP contribution in [0.1, 0.15) is 26.7 Å². The highest BCUT2D eigenvalue weighted by Crippen LogP contribution is 2.16. The van der Waals surface area contributed by atoms with E-state index in [0.29, 0.717) is 25.7 Å². The maximum atomic E-state index is 12.1. The van der Waals surface area contributed by atoms with Gasteiger partial charge in [-0.25, -0.2) is 0 Å². The minimum Gasteiger partial charge on any atom is -0.379 e. The van der Waals surface area contributed by atoms with Crippen LogP contribution in [0.5, 0.6) is 0 Å². The number of hydrogen-bond acceptors (Lipinski definition) is 4. The van der Waals surface area contributed by atoms with Gasteiger partial charge in [0.1, 0.15) is 6.10 Å². The molecule has 114 valence electrons. The Hall–Kier alpha value is -0.360. The van der Waals surface area contributed by atoms with Crippen LogP contribution in [-0.4, -0.2) is 56.4 Å². The molecule has 1 unspecified atom stereocenters. The summed E-state index contributed by atoms with van der Waals surface area (Å²) >= 11 is 0. The van der Waals surface area contributed by atoms with Crippen molar-refractivity contribution in [1.82, 2.24) is 4.90 Å². The van der Waals surface area contributed by atoms with Gasteiger partial charge < -0.3 is 20.1 Å². The number of piperidine rings is 1. The van der Waals surface area contributed by atoms with E-state index in [0.717, 1.165) is 32.5 Å². The third-order valence-electron chi connectivity index (χ3n) is 3.41. The summed E-state index contributed by atoms with van der Waals surface area (Å²) in [5.74, 6) is 0.658. The summed E-state index contributed by atoms with van der Waals surface area (Å²) in [5.41, 5.74) is 5.64. The zero-order valence-electron chi connectivity index (χ0n) is 12.0. The summed E-state index contributed by atoms with van der Waals surface area (Å²) in [6.07, 6.45) is 1.64. The van der Waals surface area contributed by atoms with Gasteiger partial charge in [-0.3, -0.25) is 4.79 Å². The Morgan fingerprint density at radius 3 is 2.53 bits per heavy atom. The third-order valence-corrected chi connectivity index (χ3v) is 3.41. The van der Waals surface area contributed by atoms with E-state index in [9.17, 15) is 4.79 Å². The molecule has 1 aliphatic heterocycles. The maximum Gasteiger partial charge on any atom is 0.251 e. The Morgan fingerprint density at radius 1 is 1.37 bits per heavy atom. The predicted octanol–water partition coefficient (Wildman–Crippen LogP) is 1.05. The minimum atomic E-state index is -0.375. The van der Waals surface area contributed by atoms with Crippen LogP contribution in [0.15, 0.2) is 0 Å². The first kappa shape index (κ1) is 18.6. The van der Waals surface area contributed by atoms with E-state index in [-0.39, 0.29) is 24.4 Å². The molecule has 1 saturated heterocycles. The normalized spacial score (nSPS) is 17.9. The molecule has 0 aliphatic carbocycles. The van der Waals surface area contributed by atoms with E-state index >= 15 is 0 Å². The molecule has 0 aromatic rings. The van der Waals surface area contributed by atoms with Crippen LogP contribution < -0.4 is 5.73 Å². The second-order valence-corrected chi connectivity index (χ2v) is 4.71. The molecule has 1 amide bonds. The number of ether oxygens (including phenoxy) is 2. The molecule has 1 fully saturated rings. The molecule has 0 aromatic heterocycles. The first-order valence-corrected chi connectivity index (χ1v) is 6.87. The lowest BCUT2D eigenvalue weighted by molar-refractivity contribution is -0.144. The van der Waals surface area contributed by atoms with E-state index in [1.54, 1.807) is 0 Å². The van der Waals surface area contributed by atoms with Crippen LogP contribution in [0.4, 0.5) is 0 Å². The maximum absolute atomic E-state index is 12.1. The second kappa shape index (κ2) is 10.4. The molecule has 2 N–H and O–H groups in total. The fourth-order valence-corrected chi connectivity index (χ4v) is 2.15. The Kier molecular flexibility index (Phi) is 10.2. The Balaban J connectivity index is 0.00000324. The second-order valence-electron chi connectivity index (χ2n) is 4.71. The van der Waals surface area contributed by atoms with Crippen LogP contribution in [-0.2, 0) is 14.3 Å². The van der Waals surface area contributed by atoms with E-state index < -0.39 is 0 Å². The summed E-state index contributed by atoms with van der Waals surface area (Å²) in [4.78, 5) is 14.0. The van der Waals surface area contributed by atoms with Gasteiger partial charge in [0, 0.05) is 19.7 Å². The van der Waals surface area contributed by atoms with Crippen molar-refractivity contribution >= 4 is 18.3 Å². The summed E-state index contributed by atoms with van der Waals surface area (Å²) in [6, 6.07) is 0. The summed E-state index contributed by atoms with van der Waals surface area (Å²) < 4.78 is 10.6. The molecule has 1 rings (SSSR count). The summed E-state index contributed by atoms with van der Waals surface area (Å²) in [6.45, 7) is 7.78. The van der Waals surface area contributed by atoms with Gasteiger partial charge in [-0.05, 0) is 39.2 Å². The SMILES string of the molecule is CCOCCOC(C)C(=O)N1CCC(CN)CC1.Cl. The molecule has 1 atom stereocenters. The van der Waals surface area contributed by atoms with Gasteiger partial charge in [-0.1, -0.05) is 0 Å². The molecule has 6 heteroatoms. The topological polar surface area (TPSA) is 64.8 Å². The zero-order valence-corrected chi connectivity index (χ0v) is 12.8. The van der Waals surface area contributed by atoms with Crippen molar-refractivity contribution in [1.29, 1.82) is 0 Å². The lowest BCUT2D eigenvalue weighted by Gasteiger charge is -2.33. The number of halogens is 1. The lowest BCUT2D eigenvalue weighted by Crippen LogP contribution is -2.45. The van der Waals surface area contributed by atoms with Crippen LogP contribution in [0.2, 0.25) is 0 Å². The van der Waals surface area contributed by atoms with Gasteiger partial charge in [0.2, 0.25) is 0 Å². The van der Waals surface area contributed by atoms with E-state index in [1.165, 1.54) is 0 Å². The lowest BCUT2D eigenvalue weighted by atomic mass is 9.97. The van der Waals surface area contributed by atoms with Gasteiger partial charge in [0.15, 0.2) is 0 Å². The average Bonchev–Trinajstić information content (AvgIpc) is 2.42. The summed E-state index contributed by atoms with van der Waals surface area (Å²) in [5, 5.41) is 0. The van der Waals surface area contributed by atoms with Crippen molar-refractivity contribution in [2.45, 2.75) is 32.8 Å². The van der Waals surface area contributed by atoms with Crippen LogP contribution >= 0.6 is 12.4 Å². The Labute approximate surface area is 122 Å². The van der Waals surface area contributed by atoms with Gasteiger partial charge >= 0.3 is 0 Å². The molecular weight excluding hydrogens is 268 g/mol. The fraction of sp³-hybridized carbons (Fsp3) is 0.923. The molecule has 0 saturated carbocycles. The highest BCUT2D eigenvalue weighted by molar-refractivity contribution is 5.85. The number of rotatable bonds is 7. The molecule has 1 aliphatic rings. The number of carbonyl (C=O) groups excluding carboxylic acids is 1. The number of likely N-dealkylation sites (tertiary alicyclic amines) is 1. The Bertz CT molecular complexity index is 246. The van der Waals surface area contributed by atoms with Crippen molar-refractivity contribution in [2.24, 2.45) is 11.7 Å². The van der Waals surface area contributed by atoms with E-state index in [1.807, 2.05) is 18.7 Å². The van der Waals surface area contributed by atoms with Crippen molar-refractivity contribution < 1.29 is 14.3 Å². The molecule has 0 spiro atoms. The highest BCUT2D eigenvalue weighted by Gasteiger charge is 2.25. The molecule has 19 heavy (non-hydrogen) atoms. The fourth-order valence-electron chi connectivity index (χ4n) is 2.15. The minimum absolute atomic E-state index is 0.